The van der Waals surface area contributed by atoms with Crippen molar-refractivity contribution in [3.63, 3.8) is 0 Å². The van der Waals surface area contributed by atoms with Gasteiger partial charge < -0.3 is 0 Å². The average Bonchev–Trinajstić information content (AvgIpc) is 2.32. The summed E-state index contributed by atoms with van der Waals surface area (Å²) in [4.78, 5) is 16.0. The molecule has 0 atom stereocenters. The van der Waals surface area contributed by atoms with Gasteiger partial charge in [0.05, 0.1) is 5.02 Å². The van der Waals surface area contributed by atoms with E-state index in [9.17, 15) is 4.79 Å². The molecule has 1 aromatic heterocycles. The molecule has 0 amide bonds. The maximum Gasteiger partial charge on any atom is 0.187 e. The van der Waals surface area contributed by atoms with E-state index in [1.807, 2.05) is 24.3 Å². The molecule has 0 aliphatic heterocycles. The molecule has 2 nitrogen and oxygen atoms in total. The van der Waals surface area contributed by atoms with Gasteiger partial charge in [-0.15, -0.1) is 0 Å². The van der Waals surface area contributed by atoms with Crippen LogP contribution in [-0.2, 0) is 6.42 Å². The summed E-state index contributed by atoms with van der Waals surface area (Å²) in [5.74, 6) is -0.0810. The first-order chi connectivity index (χ1) is 8.18. The first-order valence-corrected chi connectivity index (χ1v) is 6.22. The smallest absolute Gasteiger partial charge is 0.187 e. The Kier molecular flexibility index (Phi) is 3.92. The number of carbonyl (C=O) groups is 1. The molecule has 4 heteroatoms. The van der Waals surface area contributed by atoms with Crippen LogP contribution >= 0.6 is 27.5 Å². The quantitative estimate of drug-likeness (QED) is 0.804. The minimum Gasteiger partial charge on any atom is -0.292 e. The Morgan fingerprint density at radius 1 is 1.24 bits per heavy atom. The maximum absolute atomic E-state index is 12.0. The molecule has 0 aliphatic carbocycles. The highest BCUT2D eigenvalue weighted by Crippen LogP contribution is 2.20. The third kappa shape index (κ3) is 2.93. The minimum absolute atomic E-state index is 0.0810. The molecule has 0 spiro atoms. The van der Waals surface area contributed by atoms with Crippen LogP contribution in [0.5, 0.6) is 0 Å². The Morgan fingerprint density at radius 2 is 2.00 bits per heavy atom. The van der Waals surface area contributed by atoms with Crippen molar-refractivity contribution < 1.29 is 4.79 Å². The lowest BCUT2D eigenvalue weighted by Crippen LogP contribution is -2.07. The van der Waals surface area contributed by atoms with Crippen LogP contribution in [0.4, 0.5) is 0 Å². The van der Waals surface area contributed by atoms with Gasteiger partial charge in [-0.05, 0) is 23.8 Å². The van der Waals surface area contributed by atoms with Gasteiger partial charge in [-0.25, -0.2) is 0 Å². The molecule has 86 valence electrons. The zero-order valence-corrected chi connectivity index (χ0v) is 11.2. The number of hydrogen-bond donors (Lipinski definition) is 0. The molecule has 0 N–H and O–H groups in total. The van der Waals surface area contributed by atoms with Gasteiger partial charge in [0, 0.05) is 17.1 Å². The Morgan fingerprint density at radius 3 is 2.71 bits per heavy atom. The first-order valence-electron chi connectivity index (χ1n) is 5.05. The van der Waals surface area contributed by atoms with Crippen molar-refractivity contribution in [2.24, 2.45) is 0 Å². The highest BCUT2D eigenvalue weighted by Gasteiger charge is 2.13. The molecule has 0 radical (unpaired) electrons. The van der Waals surface area contributed by atoms with Gasteiger partial charge in [0.25, 0.3) is 0 Å². The van der Waals surface area contributed by atoms with E-state index >= 15 is 0 Å². The Hall–Kier alpha value is -1.19. The number of nitrogens with zero attached hydrogens (tertiary/aromatic N) is 1. The van der Waals surface area contributed by atoms with E-state index in [1.54, 1.807) is 18.3 Å². The molecule has 0 saturated carbocycles. The highest BCUT2D eigenvalue weighted by atomic mass is 79.9. The van der Waals surface area contributed by atoms with Crippen LogP contribution in [0.3, 0.4) is 0 Å². The molecule has 1 heterocycles. The number of carbonyl (C=O) groups excluding carboxylic acids is 1. The molecular weight excluding hydrogens is 302 g/mol. The molecular formula is C13H9BrClNO. The van der Waals surface area contributed by atoms with Crippen molar-refractivity contribution in [1.82, 2.24) is 4.98 Å². The van der Waals surface area contributed by atoms with Crippen molar-refractivity contribution >= 4 is 33.3 Å². The van der Waals surface area contributed by atoms with E-state index in [2.05, 4.69) is 20.9 Å². The first kappa shape index (κ1) is 12.3. The van der Waals surface area contributed by atoms with Crippen LogP contribution in [0, 0.1) is 0 Å². The number of pyridine rings is 1. The second-order valence-corrected chi connectivity index (χ2v) is 4.79. The number of ketones is 1. The Balaban J connectivity index is 2.24. The summed E-state index contributed by atoms with van der Waals surface area (Å²) in [5, 5.41) is 0.393. The van der Waals surface area contributed by atoms with Crippen LogP contribution in [0.2, 0.25) is 5.02 Å². The summed E-state index contributed by atoms with van der Waals surface area (Å²) in [6.07, 6.45) is 1.86. The molecule has 0 aliphatic rings. The fourth-order valence-corrected chi connectivity index (χ4v) is 2.14. The SMILES string of the molecule is O=C(Cc1ccccc1Br)c1ncccc1Cl. The lowest BCUT2D eigenvalue weighted by molar-refractivity contribution is 0.0988. The maximum atomic E-state index is 12.0. The fourth-order valence-electron chi connectivity index (χ4n) is 1.49. The monoisotopic (exact) mass is 309 g/mol. The largest absolute Gasteiger partial charge is 0.292 e. The van der Waals surface area contributed by atoms with E-state index in [1.165, 1.54) is 0 Å². The minimum atomic E-state index is -0.0810. The van der Waals surface area contributed by atoms with Crippen LogP contribution < -0.4 is 0 Å². The predicted octanol–water partition coefficient (Wildman–Crippen LogP) is 3.92. The third-order valence-electron chi connectivity index (χ3n) is 2.33. The van der Waals surface area contributed by atoms with Crippen molar-refractivity contribution in [2.75, 3.05) is 0 Å². The summed E-state index contributed by atoms with van der Waals surface area (Å²) in [7, 11) is 0. The van der Waals surface area contributed by atoms with E-state index < -0.39 is 0 Å². The Labute approximate surface area is 113 Å². The normalized spacial score (nSPS) is 10.2. The lowest BCUT2D eigenvalue weighted by Gasteiger charge is -2.04. The van der Waals surface area contributed by atoms with E-state index in [4.69, 9.17) is 11.6 Å². The number of rotatable bonds is 3. The van der Waals surface area contributed by atoms with Crippen molar-refractivity contribution in [3.05, 3.63) is 63.3 Å². The molecule has 0 bridgehead atoms. The van der Waals surface area contributed by atoms with Crippen LogP contribution in [0.15, 0.2) is 47.1 Å². The van der Waals surface area contributed by atoms with Gasteiger partial charge in [-0.2, -0.15) is 0 Å². The van der Waals surface area contributed by atoms with Gasteiger partial charge in [0.2, 0.25) is 0 Å². The number of aromatic nitrogens is 1. The summed E-state index contributed by atoms with van der Waals surface area (Å²) in [5.41, 5.74) is 1.25. The van der Waals surface area contributed by atoms with Gasteiger partial charge >= 0.3 is 0 Å². The third-order valence-corrected chi connectivity index (χ3v) is 3.41. The van der Waals surface area contributed by atoms with Crippen molar-refractivity contribution in [2.45, 2.75) is 6.42 Å². The number of benzene rings is 1. The second kappa shape index (κ2) is 5.43. The summed E-state index contributed by atoms with van der Waals surface area (Å²) in [6.45, 7) is 0. The highest BCUT2D eigenvalue weighted by molar-refractivity contribution is 9.10. The summed E-state index contributed by atoms with van der Waals surface area (Å²) in [6, 6.07) is 11.0. The van der Waals surface area contributed by atoms with Crippen LogP contribution in [-0.4, -0.2) is 10.8 Å². The number of halogens is 2. The summed E-state index contributed by atoms with van der Waals surface area (Å²) >= 11 is 9.34. The predicted molar refractivity (Wildman–Crippen MR) is 71.4 cm³/mol. The molecule has 2 rings (SSSR count). The zero-order chi connectivity index (χ0) is 12.3. The van der Waals surface area contributed by atoms with Crippen molar-refractivity contribution in [3.8, 4) is 0 Å². The molecule has 2 aromatic rings. The zero-order valence-electron chi connectivity index (χ0n) is 8.86. The number of hydrogen-bond acceptors (Lipinski definition) is 2. The molecule has 0 unspecified atom stereocenters. The Bertz CT molecular complexity index is 557. The molecule has 17 heavy (non-hydrogen) atoms. The van der Waals surface area contributed by atoms with Crippen LogP contribution in [0.25, 0.3) is 0 Å². The van der Waals surface area contributed by atoms with Gasteiger partial charge in [0.15, 0.2) is 5.78 Å². The standard InChI is InChI=1S/C13H9BrClNO/c14-10-5-2-1-4-9(10)8-12(17)13-11(15)6-3-7-16-13/h1-7H,8H2. The van der Waals surface area contributed by atoms with Gasteiger partial charge in [0.1, 0.15) is 5.69 Å². The van der Waals surface area contributed by atoms with Gasteiger partial charge in [-0.3, -0.25) is 9.78 Å². The average molecular weight is 311 g/mol. The second-order valence-electron chi connectivity index (χ2n) is 3.53. The number of Topliss-reactive ketones (excluding diaryl/α,β-unsaturated/α-hetero) is 1. The topological polar surface area (TPSA) is 30.0 Å². The summed E-state index contributed by atoms with van der Waals surface area (Å²) < 4.78 is 0.917. The van der Waals surface area contributed by atoms with Crippen molar-refractivity contribution in [1.29, 1.82) is 0 Å². The molecule has 0 saturated heterocycles. The van der Waals surface area contributed by atoms with E-state index in [-0.39, 0.29) is 12.2 Å². The fraction of sp³-hybridized carbons (Fsp3) is 0.0769. The van der Waals surface area contributed by atoms with Crippen LogP contribution in [0.1, 0.15) is 16.1 Å². The lowest BCUT2D eigenvalue weighted by atomic mass is 10.1. The van der Waals surface area contributed by atoms with E-state index in [0.29, 0.717) is 10.7 Å². The van der Waals surface area contributed by atoms with E-state index in [0.717, 1.165) is 10.0 Å². The van der Waals surface area contributed by atoms with Gasteiger partial charge in [-0.1, -0.05) is 45.7 Å². The molecule has 1 aromatic carbocycles. The molecule has 0 fully saturated rings.